The first-order valence-corrected chi connectivity index (χ1v) is 19.4. The first kappa shape index (κ1) is 43.5. The van der Waals surface area contributed by atoms with Gasteiger partial charge in [-0.3, -0.25) is 33.6 Å². The van der Waals surface area contributed by atoms with Gasteiger partial charge in [0.05, 0.1) is 19.2 Å². The number of aliphatic hydroxyl groups excluding tert-OH is 1. The molecule has 0 bridgehead atoms. The van der Waals surface area contributed by atoms with E-state index >= 15 is 0 Å². The van der Waals surface area contributed by atoms with Gasteiger partial charge >= 0.3 is 0 Å². The van der Waals surface area contributed by atoms with Crippen molar-refractivity contribution in [1.82, 2.24) is 36.5 Å². The molecule has 11 N–H and O–H groups in total. The number of aromatic amines is 1. The normalized spacial score (nSPS) is 16.2. The second kappa shape index (κ2) is 20.7. The average Bonchev–Trinajstić information content (AvgIpc) is 3.89. The summed E-state index contributed by atoms with van der Waals surface area (Å²) in [7, 11) is 0. The molecule has 312 valence electrons. The SMILES string of the molecule is C[C@@H](NC(=O)[C@@H](N)Cc1c[nH]c2ccccc12)C(=O)N[C@@H](Cc1ccccc1)C(=O)NCC(=O)N[C@@H](Cc1ccccc1)C(=O)N1CCC[C@H]1C(=O)N[C@@H](CO)C(N)=O. The highest BCUT2D eigenvalue weighted by Gasteiger charge is 2.39. The molecule has 1 aliphatic rings. The number of amides is 7. The quantitative estimate of drug-likeness (QED) is 0.0566. The number of carbonyl (C=O) groups excluding carboxylic acids is 7. The number of carbonyl (C=O) groups is 7. The lowest BCUT2D eigenvalue weighted by molar-refractivity contribution is -0.142. The molecule has 4 aromatic rings. The lowest BCUT2D eigenvalue weighted by Gasteiger charge is -2.29. The Morgan fingerprint density at radius 1 is 0.763 bits per heavy atom. The van der Waals surface area contributed by atoms with E-state index in [1.807, 2.05) is 24.3 Å². The Kier molecular flexibility index (Phi) is 15.3. The van der Waals surface area contributed by atoms with Crippen molar-refractivity contribution in [3.8, 4) is 0 Å². The molecular formula is C42H51N9O8. The fraction of sp³-hybridized carbons (Fsp3) is 0.357. The predicted octanol–water partition coefficient (Wildman–Crippen LogP) is -0.933. The third-order valence-corrected chi connectivity index (χ3v) is 10.1. The van der Waals surface area contributed by atoms with Crippen molar-refractivity contribution < 1.29 is 38.7 Å². The van der Waals surface area contributed by atoms with E-state index in [1.54, 1.807) is 66.9 Å². The third kappa shape index (κ3) is 12.0. The van der Waals surface area contributed by atoms with Crippen LogP contribution in [0.3, 0.4) is 0 Å². The molecule has 17 heteroatoms. The highest BCUT2D eigenvalue weighted by atomic mass is 16.3. The molecule has 0 unspecified atom stereocenters. The van der Waals surface area contributed by atoms with Gasteiger partial charge in [0.25, 0.3) is 0 Å². The smallest absolute Gasteiger partial charge is 0.246 e. The molecule has 1 aromatic heterocycles. The van der Waals surface area contributed by atoms with Crippen molar-refractivity contribution in [2.24, 2.45) is 11.5 Å². The van der Waals surface area contributed by atoms with Crippen molar-refractivity contribution in [1.29, 1.82) is 0 Å². The monoisotopic (exact) mass is 809 g/mol. The minimum atomic E-state index is -1.33. The van der Waals surface area contributed by atoms with E-state index < -0.39 is 90.8 Å². The molecule has 3 aromatic carbocycles. The molecule has 0 aliphatic carbocycles. The summed E-state index contributed by atoms with van der Waals surface area (Å²) < 4.78 is 0. The predicted molar refractivity (Wildman–Crippen MR) is 218 cm³/mol. The minimum absolute atomic E-state index is 0.0567. The summed E-state index contributed by atoms with van der Waals surface area (Å²) in [6.07, 6.45) is 2.88. The van der Waals surface area contributed by atoms with Gasteiger partial charge in [0.1, 0.15) is 30.2 Å². The fourth-order valence-electron chi connectivity index (χ4n) is 6.94. The zero-order valence-corrected chi connectivity index (χ0v) is 32.7. The molecule has 0 spiro atoms. The summed E-state index contributed by atoms with van der Waals surface area (Å²) in [6, 6.07) is 18.8. The fourth-order valence-corrected chi connectivity index (χ4v) is 6.94. The van der Waals surface area contributed by atoms with Gasteiger partial charge in [-0.15, -0.1) is 0 Å². The van der Waals surface area contributed by atoms with Crippen LogP contribution >= 0.6 is 0 Å². The van der Waals surface area contributed by atoms with Crippen LogP contribution in [-0.4, -0.2) is 112 Å². The largest absolute Gasteiger partial charge is 0.394 e. The molecule has 0 radical (unpaired) electrons. The van der Waals surface area contributed by atoms with Gasteiger partial charge in [-0.1, -0.05) is 78.9 Å². The summed E-state index contributed by atoms with van der Waals surface area (Å²) in [5, 5.41) is 23.4. The van der Waals surface area contributed by atoms with Gasteiger partial charge in [0.15, 0.2) is 0 Å². The summed E-state index contributed by atoms with van der Waals surface area (Å²) in [5.41, 5.74) is 14.7. The second-order valence-corrected chi connectivity index (χ2v) is 14.5. The summed E-state index contributed by atoms with van der Waals surface area (Å²) in [6.45, 7) is 0.393. The van der Waals surface area contributed by atoms with Crippen LogP contribution in [0.1, 0.15) is 36.5 Å². The third-order valence-electron chi connectivity index (χ3n) is 10.1. The van der Waals surface area contributed by atoms with Crippen LogP contribution in [0.5, 0.6) is 0 Å². The van der Waals surface area contributed by atoms with Crippen LogP contribution in [-0.2, 0) is 52.8 Å². The maximum Gasteiger partial charge on any atom is 0.246 e. The number of para-hydroxylation sites is 1. The molecule has 7 amide bonds. The molecule has 1 fully saturated rings. The number of hydrogen-bond acceptors (Lipinski definition) is 9. The Morgan fingerprint density at radius 3 is 2.03 bits per heavy atom. The van der Waals surface area contributed by atoms with Gasteiger partial charge < -0.3 is 53.0 Å². The van der Waals surface area contributed by atoms with Crippen LogP contribution in [0.2, 0.25) is 0 Å². The number of benzene rings is 3. The minimum Gasteiger partial charge on any atom is -0.394 e. The maximum absolute atomic E-state index is 14.0. The van der Waals surface area contributed by atoms with Crippen molar-refractivity contribution in [3.63, 3.8) is 0 Å². The molecule has 5 rings (SSSR count). The summed E-state index contributed by atoms with van der Waals surface area (Å²) >= 11 is 0. The van der Waals surface area contributed by atoms with Gasteiger partial charge in [0, 0.05) is 36.5 Å². The molecule has 2 heterocycles. The van der Waals surface area contributed by atoms with Gasteiger partial charge in [-0.05, 0) is 48.9 Å². The zero-order valence-electron chi connectivity index (χ0n) is 32.7. The van der Waals surface area contributed by atoms with Crippen molar-refractivity contribution in [3.05, 3.63) is 108 Å². The number of hydrogen-bond donors (Lipinski definition) is 9. The molecule has 0 saturated carbocycles. The highest BCUT2D eigenvalue weighted by Crippen LogP contribution is 2.21. The number of primary amides is 1. The number of nitrogens with one attached hydrogen (secondary N) is 6. The van der Waals surface area contributed by atoms with Gasteiger partial charge in [-0.25, -0.2) is 0 Å². The van der Waals surface area contributed by atoms with Crippen LogP contribution in [0.25, 0.3) is 10.9 Å². The number of rotatable bonds is 19. The Bertz CT molecular complexity index is 2110. The molecular weight excluding hydrogens is 759 g/mol. The van der Waals surface area contributed by atoms with Crippen LogP contribution in [0.15, 0.2) is 91.1 Å². The van der Waals surface area contributed by atoms with E-state index in [9.17, 15) is 38.7 Å². The van der Waals surface area contributed by atoms with E-state index in [4.69, 9.17) is 11.5 Å². The topological polar surface area (TPSA) is 271 Å². The Labute approximate surface area is 341 Å². The average molecular weight is 810 g/mol. The Balaban J connectivity index is 1.22. The number of H-pyrrole nitrogens is 1. The summed E-state index contributed by atoms with van der Waals surface area (Å²) in [5.74, 6) is -4.77. The number of aliphatic hydroxyl groups is 1. The first-order chi connectivity index (χ1) is 28.3. The number of likely N-dealkylation sites (tertiary alicyclic amines) is 1. The van der Waals surface area contributed by atoms with E-state index in [2.05, 4.69) is 31.6 Å². The standard InChI is InChI=1S/C42H51N9O8/c1-25(47-39(56)30(43)21-28-22-45-31-16-9-8-15-29(28)31)38(55)49-32(19-26-11-4-2-5-12-26)40(57)46-23-36(53)48-33(20-27-13-6-3-7-14-27)42(59)51-18-10-17-35(51)41(58)50-34(24-52)37(44)54/h2-9,11-16,22,25,30,32-35,45,52H,10,17-21,23-24,43H2,1H3,(H2,44,54)(H,46,57)(H,47,56)(H,48,53)(H,49,55)(H,50,58)/t25-,30+,32+,33+,34+,35+/m1/s1. The van der Waals surface area contributed by atoms with E-state index in [-0.39, 0.29) is 32.2 Å². The molecule has 1 saturated heterocycles. The molecule has 59 heavy (non-hydrogen) atoms. The molecule has 6 atom stereocenters. The van der Waals surface area contributed by atoms with Crippen LogP contribution in [0.4, 0.5) is 0 Å². The maximum atomic E-state index is 14.0. The van der Waals surface area contributed by atoms with E-state index in [0.29, 0.717) is 12.0 Å². The van der Waals surface area contributed by atoms with Gasteiger partial charge in [-0.2, -0.15) is 0 Å². The molecule has 1 aliphatic heterocycles. The van der Waals surface area contributed by atoms with Crippen molar-refractivity contribution >= 4 is 52.3 Å². The van der Waals surface area contributed by atoms with Crippen LogP contribution in [0, 0.1) is 0 Å². The lowest BCUT2D eigenvalue weighted by Crippen LogP contribution is -2.58. The van der Waals surface area contributed by atoms with Gasteiger partial charge in [0.2, 0.25) is 41.4 Å². The first-order valence-electron chi connectivity index (χ1n) is 19.4. The van der Waals surface area contributed by atoms with E-state index in [1.165, 1.54) is 11.8 Å². The van der Waals surface area contributed by atoms with Crippen LogP contribution < -0.4 is 38.1 Å². The van der Waals surface area contributed by atoms with E-state index in [0.717, 1.165) is 22.0 Å². The number of aromatic nitrogens is 1. The summed E-state index contributed by atoms with van der Waals surface area (Å²) in [4.78, 5) is 96.7. The zero-order chi connectivity index (χ0) is 42.5. The number of fused-ring (bicyclic) bond motifs is 1. The highest BCUT2D eigenvalue weighted by molar-refractivity contribution is 5.97. The Morgan fingerprint density at radius 2 is 1.39 bits per heavy atom. The molecule has 17 nitrogen and oxygen atoms in total. The number of nitrogens with two attached hydrogens (primary N) is 2. The van der Waals surface area contributed by atoms with Crippen molar-refractivity contribution in [2.45, 2.75) is 75.3 Å². The second-order valence-electron chi connectivity index (χ2n) is 14.5. The van der Waals surface area contributed by atoms with Crippen molar-refractivity contribution in [2.75, 3.05) is 19.7 Å². The lowest BCUT2D eigenvalue weighted by atomic mass is 10.0. The number of nitrogens with zero attached hydrogens (tertiary/aromatic N) is 1. The Hall–Kier alpha value is -6.59.